The van der Waals surface area contributed by atoms with Crippen molar-refractivity contribution < 1.29 is 32.8 Å². The first-order chi connectivity index (χ1) is 18.4. The number of unbranched alkanes of at least 4 members (excludes halogenated alkanes) is 11. The zero-order chi connectivity index (χ0) is 28.2. The predicted molar refractivity (Wildman–Crippen MR) is 155 cm³/mol. The number of rotatable bonds is 28. The lowest BCUT2D eigenvalue weighted by atomic mass is 10.1. The van der Waals surface area contributed by atoms with E-state index in [1.165, 1.54) is 57.8 Å². The quantitative estimate of drug-likeness (QED) is 0.0439. The number of hydrogen-bond acceptors (Lipinski definition) is 7. The van der Waals surface area contributed by atoms with E-state index < -0.39 is 13.9 Å². The first-order valence-corrected chi connectivity index (χ1v) is 16.3. The zero-order valence-corrected chi connectivity index (χ0v) is 25.1. The Morgan fingerprint density at radius 3 is 2.03 bits per heavy atom. The number of phosphoric acid groups is 1. The monoisotopic (exact) mass is 561 g/mol. The molecule has 2 unspecified atom stereocenters. The van der Waals surface area contributed by atoms with Gasteiger partial charge in [-0.1, -0.05) is 89.5 Å². The number of allylic oxidation sites excluding steroid dienone is 4. The first-order valence-electron chi connectivity index (χ1n) is 14.8. The third kappa shape index (κ3) is 26.6. The molecule has 0 amide bonds. The first kappa shape index (κ1) is 37.0. The lowest BCUT2D eigenvalue weighted by Gasteiger charge is -2.20. The molecule has 0 aliphatic carbocycles. The van der Waals surface area contributed by atoms with E-state index in [0.717, 1.165) is 38.5 Å². The van der Waals surface area contributed by atoms with Gasteiger partial charge in [0.15, 0.2) is 0 Å². The van der Waals surface area contributed by atoms with Gasteiger partial charge in [-0.25, -0.2) is 4.57 Å². The summed E-state index contributed by atoms with van der Waals surface area (Å²) >= 11 is 0. The molecule has 0 saturated carbocycles. The Morgan fingerprint density at radius 1 is 0.789 bits per heavy atom. The van der Waals surface area contributed by atoms with Crippen LogP contribution in [0.1, 0.15) is 117 Å². The van der Waals surface area contributed by atoms with Crippen LogP contribution in [0.2, 0.25) is 0 Å². The molecule has 3 N–H and O–H groups in total. The summed E-state index contributed by atoms with van der Waals surface area (Å²) in [5.41, 5.74) is 5.28. The van der Waals surface area contributed by atoms with Crippen LogP contribution >= 0.6 is 7.82 Å². The summed E-state index contributed by atoms with van der Waals surface area (Å²) in [5, 5.41) is 0. The van der Waals surface area contributed by atoms with E-state index in [4.69, 9.17) is 24.3 Å². The van der Waals surface area contributed by atoms with Crippen LogP contribution in [0.5, 0.6) is 0 Å². The summed E-state index contributed by atoms with van der Waals surface area (Å²) in [6.07, 6.45) is 25.8. The second-order valence-electron chi connectivity index (χ2n) is 9.61. The van der Waals surface area contributed by atoms with Gasteiger partial charge in [0.25, 0.3) is 0 Å². The number of carbonyl (C=O) groups is 1. The molecule has 0 rings (SSSR count). The Morgan fingerprint density at radius 2 is 1.39 bits per heavy atom. The van der Waals surface area contributed by atoms with Crippen molar-refractivity contribution in [2.24, 2.45) is 5.73 Å². The fraction of sp³-hybridized carbons (Fsp3) is 0.828. The fourth-order valence-corrected chi connectivity index (χ4v) is 4.41. The summed E-state index contributed by atoms with van der Waals surface area (Å²) in [5.74, 6) is -0.371. The van der Waals surface area contributed by atoms with Crippen LogP contribution in [-0.4, -0.2) is 49.9 Å². The molecule has 2 atom stereocenters. The van der Waals surface area contributed by atoms with Crippen molar-refractivity contribution in [1.82, 2.24) is 0 Å². The third-order valence-electron chi connectivity index (χ3n) is 5.87. The molecular weight excluding hydrogens is 505 g/mol. The molecule has 0 spiro atoms. The van der Waals surface area contributed by atoms with E-state index in [1.54, 1.807) is 0 Å². The Hall–Kier alpha value is -1.02. The van der Waals surface area contributed by atoms with Crippen LogP contribution < -0.4 is 5.73 Å². The average molecular weight is 562 g/mol. The third-order valence-corrected chi connectivity index (χ3v) is 6.86. The maximum absolute atomic E-state index is 12.0. The number of esters is 1. The molecule has 0 heterocycles. The van der Waals surface area contributed by atoms with E-state index >= 15 is 0 Å². The maximum atomic E-state index is 12.0. The molecule has 0 saturated heterocycles. The van der Waals surface area contributed by atoms with Crippen molar-refractivity contribution in [2.45, 2.75) is 123 Å². The van der Waals surface area contributed by atoms with Crippen LogP contribution in [0.25, 0.3) is 0 Å². The summed E-state index contributed by atoms with van der Waals surface area (Å²) in [7, 11) is -4.24. The van der Waals surface area contributed by atoms with Crippen molar-refractivity contribution in [2.75, 3.05) is 33.0 Å². The van der Waals surface area contributed by atoms with Gasteiger partial charge in [-0.2, -0.15) is 0 Å². The van der Waals surface area contributed by atoms with Gasteiger partial charge < -0.3 is 20.1 Å². The van der Waals surface area contributed by atoms with E-state index in [2.05, 4.69) is 31.2 Å². The van der Waals surface area contributed by atoms with Gasteiger partial charge in [0.1, 0.15) is 6.10 Å². The van der Waals surface area contributed by atoms with Crippen LogP contribution in [-0.2, 0) is 27.9 Å². The highest BCUT2D eigenvalue weighted by atomic mass is 31.2. The van der Waals surface area contributed by atoms with Crippen LogP contribution in [0, 0.1) is 0 Å². The van der Waals surface area contributed by atoms with E-state index in [1.807, 2.05) is 6.92 Å². The largest absolute Gasteiger partial charge is 0.472 e. The Labute approximate surface area is 232 Å². The standard InChI is InChI=1S/C29H56NO7P/c1-3-5-7-8-9-10-11-12-13-14-15-16-17-18-19-20-21-24-34-26-28(37-29(31)22-6-4-2)27-36-38(32,33)35-25-23-30/h10-11,13-14,28H,3-9,12,15-27,30H2,1-2H3,(H,32,33)/b11-10-,14-13-. The number of nitrogens with two attached hydrogens (primary N) is 1. The molecule has 8 nitrogen and oxygen atoms in total. The van der Waals surface area contributed by atoms with Gasteiger partial charge in [0, 0.05) is 19.6 Å². The number of phosphoric ester groups is 1. The number of carbonyl (C=O) groups excluding carboxylic acids is 1. The minimum atomic E-state index is -4.24. The molecule has 0 aromatic carbocycles. The average Bonchev–Trinajstić information content (AvgIpc) is 2.90. The molecular formula is C29H56NO7P. The van der Waals surface area contributed by atoms with Crippen LogP contribution in [0.4, 0.5) is 0 Å². The normalized spacial score (nSPS) is 14.3. The number of hydrogen-bond donors (Lipinski definition) is 2. The Balaban J connectivity index is 3.89. The minimum absolute atomic E-state index is 0.0979. The minimum Gasteiger partial charge on any atom is -0.457 e. The van der Waals surface area contributed by atoms with Crippen molar-refractivity contribution in [3.05, 3.63) is 24.3 Å². The van der Waals surface area contributed by atoms with Crippen molar-refractivity contribution in [3.63, 3.8) is 0 Å². The highest BCUT2D eigenvalue weighted by Gasteiger charge is 2.25. The summed E-state index contributed by atoms with van der Waals surface area (Å²) in [6, 6.07) is 0. The predicted octanol–water partition coefficient (Wildman–Crippen LogP) is 7.40. The molecule has 224 valence electrons. The molecule has 38 heavy (non-hydrogen) atoms. The highest BCUT2D eigenvalue weighted by molar-refractivity contribution is 7.47. The van der Waals surface area contributed by atoms with Gasteiger partial charge in [0.05, 0.1) is 19.8 Å². The van der Waals surface area contributed by atoms with Gasteiger partial charge in [0.2, 0.25) is 0 Å². The Bertz CT molecular complexity index is 642. The fourth-order valence-electron chi connectivity index (χ4n) is 3.65. The molecule has 0 aliphatic rings. The van der Waals surface area contributed by atoms with Crippen molar-refractivity contribution in [3.8, 4) is 0 Å². The van der Waals surface area contributed by atoms with Crippen LogP contribution in [0.3, 0.4) is 0 Å². The molecule has 0 fully saturated rings. The zero-order valence-electron chi connectivity index (χ0n) is 24.2. The lowest BCUT2D eigenvalue weighted by Crippen LogP contribution is -2.28. The van der Waals surface area contributed by atoms with Crippen molar-refractivity contribution in [1.29, 1.82) is 0 Å². The summed E-state index contributed by atoms with van der Waals surface area (Å²) in [6.45, 7) is 4.60. The number of ether oxygens (including phenoxy) is 2. The van der Waals surface area contributed by atoms with Gasteiger partial charge >= 0.3 is 13.8 Å². The van der Waals surface area contributed by atoms with Gasteiger partial charge in [-0.05, 0) is 44.9 Å². The van der Waals surface area contributed by atoms with Gasteiger partial charge in [-0.3, -0.25) is 13.8 Å². The topological polar surface area (TPSA) is 117 Å². The van der Waals surface area contributed by atoms with E-state index in [-0.39, 0.29) is 32.3 Å². The van der Waals surface area contributed by atoms with Crippen molar-refractivity contribution >= 4 is 13.8 Å². The summed E-state index contributed by atoms with van der Waals surface area (Å²) in [4.78, 5) is 21.7. The van der Waals surface area contributed by atoms with E-state index in [9.17, 15) is 14.3 Å². The van der Waals surface area contributed by atoms with Crippen LogP contribution in [0.15, 0.2) is 24.3 Å². The molecule has 9 heteroatoms. The maximum Gasteiger partial charge on any atom is 0.472 e. The molecule has 0 aliphatic heterocycles. The van der Waals surface area contributed by atoms with E-state index in [0.29, 0.717) is 13.0 Å². The van der Waals surface area contributed by atoms with Gasteiger partial charge in [-0.15, -0.1) is 0 Å². The molecule has 0 bridgehead atoms. The second kappa shape index (κ2) is 27.5. The molecule has 0 aromatic heterocycles. The summed E-state index contributed by atoms with van der Waals surface area (Å²) < 4.78 is 32.6. The molecule has 0 aromatic rings. The highest BCUT2D eigenvalue weighted by Crippen LogP contribution is 2.43. The SMILES string of the molecule is CCCCCC/C=C\C/C=C\CCCCCCCCOCC(COP(=O)(O)OCCN)OC(=O)CCCC. The Kier molecular flexibility index (Phi) is 26.8. The molecule has 0 radical (unpaired) electrons. The second-order valence-corrected chi connectivity index (χ2v) is 11.1. The lowest BCUT2D eigenvalue weighted by molar-refractivity contribution is -0.154. The smallest absolute Gasteiger partial charge is 0.457 e.